The van der Waals surface area contributed by atoms with Crippen LogP contribution in [0, 0.1) is 13.8 Å². The number of rotatable bonds is 0. The van der Waals surface area contributed by atoms with Crippen molar-refractivity contribution in [1.82, 2.24) is 4.98 Å². The lowest BCUT2D eigenvalue weighted by Gasteiger charge is -2.10. The number of aryl methyl sites for hydroxylation is 2. The molecule has 0 bridgehead atoms. The molecule has 0 fully saturated rings. The summed E-state index contributed by atoms with van der Waals surface area (Å²) in [6, 6.07) is 0.692. The molecule has 1 N–H and O–H groups in total. The first-order valence-corrected chi connectivity index (χ1v) is 3.57. The molecule has 1 aromatic rings. The average molecular weight is 191 g/mol. The summed E-state index contributed by atoms with van der Waals surface area (Å²) in [5.74, 6) is -0.432. The van der Waals surface area contributed by atoms with Crippen molar-refractivity contribution in [2.75, 3.05) is 0 Å². The van der Waals surface area contributed by atoms with Crippen LogP contribution in [-0.2, 0) is 6.18 Å². The van der Waals surface area contributed by atoms with Gasteiger partial charge in [-0.3, -0.25) is 4.98 Å². The maximum atomic E-state index is 12.2. The number of halogens is 3. The van der Waals surface area contributed by atoms with E-state index < -0.39 is 17.5 Å². The molecule has 1 heterocycles. The number of hydrogen-bond donors (Lipinski definition) is 1. The molecule has 0 unspecified atom stereocenters. The summed E-state index contributed by atoms with van der Waals surface area (Å²) in [4.78, 5) is 3.57. The van der Waals surface area contributed by atoms with Crippen LogP contribution in [0.4, 0.5) is 13.2 Å². The van der Waals surface area contributed by atoms with Crippen molar-refractivity contribution in [3.8, 4) is 5.75 Å². The lowest BCUT2D eigenvalue weighted by molar-refractivity contribution is -0.138. The first-order valence-electron chi connectivity index (χ1n) is 3.57. The normalized spacial score (nSPS) is 11.8. The molecule has 0 atom stereocenters. The average Bonchev–Trinajstić information content (AvgIpc) is 1.94. The van der Waals surface area contributed by atoms with Gasteiger partial charge in [0.05, 0.1) is 17.0 Å². The third-order valence-electron chi connectivity index (χ3n) is 1.68. The van der Waals surface area contributed by atoms with Gasteiger partial charge in [0.15, 0.2) is 0 Å². The zero-order chi connectivity index (χ0) is 10.2. The molecular formula is C8H8F3NO. The van der Waals surface area contributed by atoms with Crippen molar-refractivity contribution < 1.29 is 18.3 Å². The van der Waals surface area contributed by atoms with Crippen LogP contribution in [-0.4, -0.2) is 10.1 Å². The largest absolute Gasteiger partial charge is 0.506 e. The van der Waals surface area contributed by atoms with E-state index in [2.05, 4.69) is 4.98 Å². The van der Waals surface area contributed by atoms with Crippen molar-refractivity contribution in [2.45, 2.75) is 20.0 Å². The Kier molecular flexibility index (Phi) is 2.19. The van der Waals surface area contributed by atoms with E-state index in [-0.39, 0.29) is 11.4 Å². The Hall–Kier alpha value is -1.26. The minimum Gasteiger partial charge on any atom is -0.506 e. The van der Waals surface area contributed by atoms with E-state index in [1.165, 1.54) is 13.8 Å². The number of pyridine rings is 1. The van der Waals surface area contributed by atoms with E-state index in [1.54, 1.807) is 0 Å². The molecule has 0 saturated carbocycles. The summed E-state index contributed by atoms with van der Waals surface area (Å²) >= 11 is 0. The number of nitrogens with zero attached hydrogens (tertiary/aromatic N) is 1. The smallest absolute Gasteiger partial charge is 0.418 e. The zero-order valence-corrected chi connectivity index (χ0v) is 7.11. The molecule has 72 valence electrons. The van der Waals surface area contributed by atoms with Gasteiger partial charge in [-0.05, 0) is 19.9 Å². The SMILES string of the molecule is Cc1nc(C)c(C(F)(F)F)cc1O. The van der Waals surface area contributed by atoms with Gasteiger partial charge in [0.25, 0.3) is 0 Å². The van der Waals surface area contributed by atoms with Gasteiger partial charge in [-0.1, -0.05) is 0 Å². The predicted molar refractivity (Wildman–Crippen MR) is 40.4 cm³/mol. The third-order valence-corrected chi connectivity index (χ3v) is 1.68. The van der Waals surface area contributed by atoms with Crippen LogP contribution in [0.15, 0.2) is 6.07 Å². The van der Waals surface area contributed by atoms with Crippen LogP contribution in [0.1, 0.15) is 17.0 Å². The number of aromatic hydroxyl groups is 1. The Labute approximate surface area is 73.0 Å². The Bertz CT molecular complexity index is 333. The number of aromatic nitrogens is 1. The fourth-order valence-corrected chi connectivity index (χ4v) is 1.00. The maximum absolute atomic E-state index is 12.2. The van der Waals surface area contributed by atoms with Gasteiger partial charge in [-0.15, -0.1) is 0 Å². The second-order valence-electron chi connectivity index (χ2n) is 2.72. The molecule has 0 aromatic carbocycles. The van der Waals surface area contributed by atoms with Crippen LogP contribution >= 0.6 is 0 Å². The minimum absolute atomic E-state index is 0.122. The number of alkyl halides is 3. The van der Waals surface area contributed by atoms with Crippen LogP contribution < -0.4 is 0 Å². The maximum Gasteiger partial charge on any atom is 0.418 e. The second-order valence-corrected chi connectivity index (χ2v) is 2.72. The molecule has 0 saturated heterocycles. The Morgan fingerprint density at radius 3 is 2.23 bits per heavy atom. The second kappa shape index (κ2) is 2.90. The molecule has 13 heavy (non-hydrogen) atoms. The van der Waals surface area contributed by atoms with Gasteiger partial charge in [-0.2, -0.15) is 13.2 Å². The van der Waals surface area contributed by atoms with Gasteiger partial charge in [0, 0.05) is 0 Å². The van der Waals surface area contributed by atoms with Crippen LogP contribution in [0.3, 0.4) is 0 Å². The van der Waals surface area contributed by atoms with E-state index in [4.69, 9.17) is 5.11 Å². The zero-order valence-electron chi connectivity index (χ0n) is 7.11. The lowest BCUT2D eigenvalue weighted by atomic mass is 10.1. The minimum atomic E-state index is -4.46. The van der Waals surface area contributed by atoms with E-state index in [0.717, 1.165) is 0 Å². The molecular weight excluding hydrogens is 183 g/mol. The van der Waals surface area contributed by atoms with Crippen molar-refractivity contribution in [3.05, 3.63) is 23.0 Å². The number of hydrogen-bond acceptors (Lipinski definition) is 2. The van der Waals surface area contributed by atoms with E-state index in [9.17, 15) is 13.2 Å². The van der Waals surface area contributed by atoms with Crippen molar-refractivity contribution in [3.63, 3.8) is 0 Å². The Morgan fingerprint density at radius 1 is 1.23 bits per heavy atom. The summed E-state index contributed by atoms with van der Waals surface area (Å²) < 4.78 is 36.6. The first-order chi connectivity index (χ1) is 5.82. The molecule has 0 aliphatic carbocycles. The van der Waals surface area contributed by atoms with E-state index in [1.807, 2.05) is 0 Å². The summed E-state index contributed by atoms with van der Waals surface area (Å²) in [6.07, 6.45) is -4.46. The Morgan fingerprint density at radius 2 is 1.77 bits per heavy atom. The molecule has 1 rings (SSSR count). The third kappa shape index (κ3) is 1.91. The molecule has 0 radical (unpaired) electrons. The highest BCUT2D eigenvalue weighted by Crippen LogP contribution is 2.33. The van der Waals surface area contributed by atoms with Gasteiger partial charge in [0.1, 0.15) is 5.75 Å². The van der Waals surface area contributed by atoms with Crippen molar-refractivity contribution in [2.24, 2.45) is 0 Å². The van der Waals surface area contributed by atoms with Gasteiger partial charge in [0.2, 0.25) is 0 Å². The highest BCUT2D eigenvalue weighted by Gasteiger charge is 2.33. The topological polar surface area (TPSA) is 33.1 Å². The summed E-state index contributed by atoms with van der Waals surface area (Å²) in [6.45, 7) is 2.71. The molecule has 0 amide bonds. The quantitative estimate of drug-likeness (QED) is 0.683. The molecule has 0 aliphatic rings. The molecule has 2 nitrogen and oxygen atoms in total. The van der Waals surface area contributed by atoms with Crippen LogP contribution in [0.25, 0.3) is 0 Å². The fourth-order valence-electron chi connectivity index (χ4n) is 1.00. The van der Waals surface area contributed by atoms with Crippen LogP contribution in [0.5, 0.6) is 5.75 Å². The summed E-state index contributed by atoms with van der Waals surface area (Å²) in [7, 11) is 0. The highest BCUT2D eigenvalue weighted by atomic mass is 19.4. The monoisotopic (exact) mass is 191 g/mol. The first kappa shape index (κ1) is 9.83. The fraction of sp³-hybridized carbons (Fsp3) is 0.375. The summed E-state index contributed by atoms with van der Waals surface area (Å²) in [5.41, 5.74) is -0.816. The predicted octanol–water partition coefficient (Wildman–Crippen LogP) is 2.42. The summed E-state index contributed by atoms with van der Waals surface area (Å²) in [5, 5.41) is 9.03. The van der Waals surface area contributed by atoms with Gasteiger partial charge < -0.3 is 5.11 Å². The van der Waals surface area contributed by atoms with Crippen molar-refractivity contribution in [1.29, 1.82) is 0 Å². The van der Waals surface area contributed by atoms with Crippen molar-refractivity contribution >= 4 is 0 Å². The van der Waals surface area contributed by atoms with E-state index in [0.29, 0.717) is 6.07 Å². The van der Waals surface area contributed by atoms with Gasteiger partial charge >= 0.3 is 6.18 Å². The standard InChI is InChI=1S/C8H8F3NO/c1-4-6(8(9,10)11)3-7(13)5(2)12-4/h3,13H,1-2H3. The highest BCUT2D eigenvalue weighted by molar-refractivity contribution is 5.34. The molecule has 5 heteroatoms. The Balaban J connectivity index is 3.32. The van der Waals surface area contributed by atoms with Gasteiger partial charge in [-0.25, -0.2) is 0 Å². The van der Waals surface area contributed by atoms with Crippen LogP contribution in [0.2, 0.25) is 0 Å². The molecule has 1 aromatic heterocycles. The molecule has 0 aliphatic heterocycles. The lowest BCUT2D eigenvalue weighted by Crippen LogP contribution is -2.09. The van der Waals surface area contributed by atoms with E-state index >= 15 is 0 Å². The molecule has 0 spiro atoms.